The van der Waals surface area contributed by atoms with Gasteiger partial charge in [-0.25, -0.2) is 0 Å². The van der Waals surface area contributed by atoms with E-state index in [1.54, 1.807) is 0 Å². The van der Waals surface area contributed by atoms with Gasteiger partial charge in [-0.3, -0.25) is 4.79 Å². The average molecular weight is 338 g/mol. The van der Waals surface area contributed by atoms with Gasteiger partial charge in [-0.1, -0.05) is 32.9 Å². The Balaban J connectivity index is 1.88. The lowest BCUT2D eigenvalue weighted by molar-refractivity contribution is -0.145. The molecule has 0 bridgehead atoms. The maximum atomic E-state index is 13.2. The van der Waals surface area contributed by atoms with Crippen LogP contribution in [-0.4, -0.2) is 53.3 Å². The van der Waals surface area contributed by atoms with Gasteiger partial charge in [-0.15, -0.1) is 0 Å². The first-order chi connectivity index (χ1) is 11.8. The standard InChI is InChI=1S/C20H26N4O/c1-20(2,3)18-19(25)23(12-16-7-5-15(11-21)6-8-16)14-17-13-22(4)9-10-24(17)18/h5-8,13,18H,9-10,12,14H2,1-4H3. The molecule has 2 aliphatic rings. The van der Waals surface area contributed by atoms with Crippen LogP contribution in [0.2, 0.25) is 0 Å². The van der Waals surface area contributed by atoms with Crippen LogP contribution in [0.15, 0.2) is 36.2 Å². The second-order valence-electron chi connectivity index (χ2n) is 8.07. The van der Waals surface area contributed by atoms with Crippen LogP contribution in [-0.2, 0) is 11.3 Å². The first kappa shape index (κ1) is 17.3. The monoisotopic (exact) mass is 338 g/mol. The summed E-state index contributed by atoms with van der Waals surface area (Å²) in [7, 11) is 2.08. The second kappa shape index (κ2) is 6.44. The summed E-state index contributed by atoms with van der Waals surface area (Å²) in [5, 5.41) is 8.94. The Hall–Kier alpha value is -2.48. The van der Waals surface area contributed by atoms with Gasteiger partial charge in [0, 0.05) is 38.6 Å². The van der Waals surface area contributed by atoms with Crippen molar-refractivity contribution >= 4 is 5.91 Å². The summed E-state index contributed by atoms with van der Waals surface area (Å²) in [6, 6.07) is 9.49. The Kier molecular flexibility index (Phi) is 4.47. The van der Waals surface area contributed by atoms with Gasteiger partial charge in [-0.05, 0) is 23.1 Å². The summed E-state index contributed by atoms with van der Waals surface area (Å²) in [5.74, 6) is 0.193. The van der Waals surface area contributed by atoms with E-state index in [2.05, 4.69) is 49.9 Å². The zero-order valence-corrected chi connectivity index (χ0v) is 15.5. The van der Waals surface area contributed by atoms with Crippen LogP contribution in [0.25, 0.3) is 0 Å². The number of benzene rings is 1. The van der Waals surface area contributed by atoms with E-state index in [-0.39, 0.29) is 17.4 Å². The Bertz CT molecular complexity index is 724. The molecule has 1 fully saturated rings. The van der Waals surface area contributed by atoms with Gasteiger partial charge in [0.05, 0.1) is 18.2 Å². The lowest BCUT2D eigenvalue weighted by Gasteiger charge is -2.50. The third-order valence-electron chi connectivity index (χ3n) is 4.92. The van der Waals surface area contributed by atoms with Gasteiger partial charge in [-0.2, -0.15) is 5.26 Å². The number of hydrogen-bond acceptors (Lipinski definition) is 4. The van der Waals surface area contributed by atoms with Crippen molar-refractivity contribution in [2.45, 2.75) is 33.4 Å². The van der Waals surface area contributed by atoms with Crippen molar-refractivity contribution in [2.24, 2.45) is 5.41 Å². The number of hydrogen-bond donors (Lipinski definition) is 0. The average Bonchev–Trinajstić information content (AvgIpc) is 2.55. The normalized spacial score (nSPS) is 20.9. The minimum Gasteiger partial charge on any atom is -0.377 e. The van der Waals surface area contributed by atoms with E-state index in [1.165, 1.54) is 5.70 Å². The second-order valence-corrected chi connectivity index (χ2v) is 8.07. The predicted molar refractivity (Wildman–Crippen MR) is 97.2 cm³/mol. The maximum Gasteiger partial charge on any atom is 0.246 e. The smallest absolute Gasteiger partial charge is 0.246 e. The fraction of sp³-hybridized carbons (Fsp3) is 0.500. The molecule has 25 heavy (non-hydrogen) atoms. The molecule has 132 valence electrons. The molecule has 1 atom stereocenters. The molecule has 0 saturated carbocycles. The van der Waals surface area contributed by atoms with Crippen LogP contribution in [0.3, 0.4) is 0 Å². The fourth-order valence-electron chi connectivity index (χ4n) is 3.69. The number of carbonyl (C=O) groups excluding carboxylic acids is 1. The number of nitriles is 1. The van der Waals surface area contributed by atoms with E-state index in [4.69, 9.17) is 5.26 Å². The van der Waals surface area contributed by atoms with Crippen LogP contribution in [0.5, 0.6) is 0 Å². The molecule has 0 radical (unpaired) electrons. The lowest BCUT2D eigenvalue weighted by atomic mass is 9.82. The third-order valence-corrected chi connectivity index (χ3v) is 4.92. The van der Waals surface area contributed by atoms with Crippen LogP contribution in [0.1, 0.15) is 31.9 Å². The highest BCUT2D eigenvalue weighted by Gasteiger charge is 2.44. The Labute approximate surface area is 150 Å². The zero-order chi connectivity index (χ0) is 18.2. The summed E-state index contributed by atoms with van der Waals surface area (Å²) in [6.45, 7) is 9.45. The van der Waals surface area contributed by atoms with Crippen LogP contribution in [0.4, 0.5) is 0 Å². The van der Waals surface area contributed by atoms with Crippen molar-refractivity contribution in [1.82, 2.24) is 14.7 Å². The molecule has 1 unspecified atom stereocenters. The molecule has 2 aliphatic heterocycles. The van der Waals surface area contributed by atoms with E-state index < -0.39 is 0 Å². The van der Waals surface area contributed by atoms with Gasteiger partial charge < -0.3 is 14.7 Å². The first-order valence-electron chi connectivity index (χ1n) is 8.75. The van der Waals surface area contributed by atoms with Gasteiger partial charge >= 0.3 is 0 Å². The van der Waals surface area contributed by atoms with Crippen LogP contribution >= 0.6 is 0 Å². The Morgan fingerprint density at radius 1 is 1.20 bits per heavy atom. The maximum absolute atomic E-state index is 13.2. The molecule has 0 spiro atoms. The highest BCUT2D eigenvalue weighted by Crippen LogP contribution is 2.34. The van der Waals surface area contributed by atoms with E-state index in [0.29, 0.717) is 18.7 Å². The number of fused-ring (bicyclic) bond motifs is 1. The fourth-order valence-corrected chi connectivity index (χ4v) is 3.69. The molecule has 1 aromatic rings. The van der Waals surface area contributed by atoms with Crippen LogP contribution in [0, 0.1) is 16.7 Å². The number of rotatable bonds is 2. The van der Waals surface area contributed by atoms with E-state index in [9.17, 15) is 4.79 Å². The molecule has 2 heterocycles. The molecule has 1 amide bonds. The van der Waals surface area contributed by atoms with Gasteiger partial charge in [0.25, 0.3) is 0 Å². The van der Waals surface area contributed by atoms with Crippen molar-refractivity contribution in [1.29, 1.82) is 5.26 Å². The number of carbonyl (C=O) groups is 1. The molecular weight excluding hydrogens is 312 g/mol. The minimum absolute atomic E-state index is 0.130. The first-order valence-corrected chi connectivity index (χ1v) is 8.75. The molecule has 1 aromatic carbocycles. The predicted octanol–water partition coefficient (Wildman–Crippen LogP) is 2.40. The zero-order valence-electron chi connectivity index (χ0n) is 15.5. The Morgan fingerprint density at radius 2 is 1.88 bits per heavy atom. The van der Waals surface area contributed by atoms with Crippen LogP contribution < -0.4 is 0 Å². The molecular formula is C20H26N4O. The molecule has 5 heteroatoms. The summed E-state index contributed by atoms with van der Waals surface area (Å²) in [4.78, 5) is 19.7. The van der Waals surface area contributed by atoms with Crippen molar-refractivity contribution in [3.8, 4) is 6.07 Å². The number of piperazine rings is 1. The van der Waals surface area contributed by atoms with Crippen molar-refractivity contribution < 1.29 is 4.79 Å². The quantitative estimate of drug-likeness (QED) is 0.831. The van der Waals surface area contributed by atoms with Crippen molar-refractivity contribution in [2.75, 3.05) is 26.7 Å². The highest BCUT2D eigenvalue weighted by atomic mass is 16.2. The molecule has 1 saturated heterocycles. The van der Waals surface area contributed by atoms with Gasteiger partial charge in [0.15, 0.2) is 0 Å². The molecule has 3 rings (SSSR count). The topological polar surface area (TPSA) is 50.6 Å². The number of likely N-dealkylation sites (N-methyl/N-ethyl adjacent to an activating group) is 1. The largest absolute Gasteiger partial charge is 0.377 e. The number of amides is 1. The molecule has 0 N–H and O–H groups in total. The molecule has 5 nitrogen and oxygen atoms in total. The minimum atomic E-state index is -0.139. The Morgan fingerprint density at radius 3 is 2.48 bits per heavy atom. The van der Waals surface area contributed by atoms with E-state index >= 15 is 0 Å². The SMILES string of the molecule is CN1C=C2CN(Cc3ccc(C#N)cc3)C(=O)C(C(C)(C)C)N2CC1. The van der Waals surface area contributed by atoms with Gasteiger partial charge in [0.2, 0.25) is 5.91 Å². The third kappa shape index (κ3) is 3.48. The molecule has 0 aliphatic carbocycles. The highest BCUT2D eigenvalue weighted by molar-refractivity contribution is 5.84. The van der Waals surface area contributed by atoms with E-state index in [0.717, 1.165) is 18.7 Å². The summed E-state index contributed by atoms with van der Waals surface area (Å²) in [6.07, 6.45) is 2.17. The summed E-state index contributed by atoms with van der Waals surface area (Å²) >= 11 is 0. The lowest BCUT2D eigenvalue weighted by Crippen LogP contribution is -2.62. The number of nitrogens with zero attached hydrogens (tertiary/aromatic N) is 4. The summed E-state index contributed by atoms with van der Waals surface area (Å²) in [5.41, 5.74) is 2.78. The van der Waals surface area contributed by atoms with E-state index in [1.807, 2.05) is 29.2 Å². The van der Waals surface area contributed by atoms with Gasteiger partial charge in [0.1, 0.15) is 6.04 Å². The summed E-state index contributed by atoms with van der Waals surface area (Å²) < 4.78 is 0. The molecule has 0 aromatic heterocycles. The van der Waals surface area contributed by atoms with Crippen molar-refractivity contribution in [3.63, 3.8) is 0 Å². The van der Waals surface area contributed by atoms with Crippen molar-refractivity contribution in [3.05, 3.63) is 47.3 Å².